The van der Waals surface area contributed by atoms with Crippen LogP contribution in [-0.2, 0) is 0 Å². The number of carbonyl (C=O) groups is 1. The second kappa shape index (κ2) is 10.5. The third kappa shape index (κ3) is 5.63. The first-order valence-electron chi connectivity index (χ1n) is 10.9. The molecule has 168 valence electrons. The molecule has 6 nitrogen and oxygen atoms in total. The molecule has 0 radical (unpaired) electrons. The van der Waals surface area contributed by atoms with Crippen molar-refractivity contribution in [2.75, 3.05) is 13.2 Å². The average molecular weight is 444 g/mol. The van der Waals surface area contributed by atoms with Gasteiger partial charge in [-0.05, 0) is 48.2 Å². The van der Waals surface area contributed by atoms with E-state index in [1.165, 1.54) is 0 Å². The molecule has 0 aliphatic heterocycles. The highest BCUT2D eigenvalue weighted by Gasteiger charge is 2.19. The van der Waals surface area contributed by atoms with Crippen LogP contribution < -0.4 is 10.6 Å². The summed E-state index contributed by atoms with van der Waals surface area (Å²) in [4.78, 5) is 21.0. The van der Waals surface area contributed by atoms with Gasteiger partial charge < -0.3 is 15.6 Å². The number of rotatable bonds is 9. The Balaban J connectivity index is 1.48. The van der Waals surface area contributed by atoms with Gasteiger partial charge in [-0.1, -0.05) is 54.6 Å². The second-order valence-corrected chi connectivity index (χ2v) is 7.79. The molecule has 33 heavy (non-hydrogen) atoms. The Labute approximate surface area is 191 Å². The van der Waals surface area contributed by atoms with E-state index in [1.54, 1.807) is 0 Å². The van der Waals surface area contributed by atoms with Crippen LogP contribution in [0.15, 0.2) is 78.9 Å². The zero-order chi connectivity index (χ0) is 23.0. The first kappa shape index (κ1) is 22.2. The molecule has 1 amide bonds. The number of hydrogen-bond donors (Lipinski definition) is 4. The molecule has 4 N–H and O–H groups in total. The number of amides is 1. The van der Waals surface area contributed by atoms with Gasteiger partial charge in [0.1, 0.15) is 18.3 Å². The number of benzene rings is 3. The van der Waals surface area contributed by atoms with E-state index in [4.69, 9.17) is 5.41 Å². The molecule has 0 spiro atoms. The summed E-state index contributed by atoms with van der Waals surface area (Å²) in [5.41, 5.74) is 4.43. The van der Waals surface area contributed by atoms with Gasteiger partial charge in [0.05, 0.1) is 17.1 Å². The molecule has 4 rings (SSSR count). The van der Waals surface area contributed by atoms with Crippen molar-refractivity contribution < 1.29 is 9.18 Å². The monoisotopic (exact) mass is 443 g/mol. The molecule has 1 heterocycles. The maximum Gasteiger partial charge on any atom is 0.251 e. The number of para-hydroxylation sites is 2. The number of amidine groups is 1. The minimum atomic E-state index is -0.817. The third-order valence-corrected chi connectivity index (χ3v) is 5.44. The molecule has 7 heteroatoms. The van der Waals surface area contributed by atoms with Gasteiger partial charge in [-0.3, -0.25) is 10.2 Å². The lowest BCUT2D eigenvalue weighted by molar-refractivity contribution is 0.0932. The number of imidazole rings is 1. The zero-order valence-corrected chi connectivity index (χ0v) is 18.1. The fraction of sp³-hybridized carbons (Fsp3) is 0.192. The molecule has 0 saturated carbocycles. The summed E-state index contributed by atoms with van der Waals surface area (Å²) < 4.78 is 12.5. The molecule has 4 aromatic rings. The quantitative estimate of drug-likeness (QED) is 0.166. The summed E-state index contributed by atoms with van der Waals surface area (Å²) in [6.07, 6.45) is 1.22. The summed E-state index contributed by atoms with van der Waals surface area (Å²) in [5.74, 6) is 0.341. The van der Waals surface area contributed by atoms with Crippen LogP contribution in [0.3, 0.4) is 0 Å². The Morgan fingerprint density at radius 2 is 1.67 bits per heavy atom. The summed E-state index contributed by atoms with van der Waals surface area (Å²) in [7, 11) is 0. The van der Waals surface area contributed by atoms with Gasteiger partial charge in [0.25, 0.3) is 5.91 Å². The Hall–Kier alpha value is -4.00. The number of carbonyl (C=O) groups excluding carboxylic acids is 1. The molecular weight excluding hydrogens is 417 g/mol. The molecular formula is C26H26FN5O. The summed E-state index contributed by atoms with van der Waals surface area (Å²) in [6.45, 7) is -0.371. The van der Waals surface area contributed by atoms with Crippen LogP contribution in [0, 0.1) is 5.41 Å². The van der Waals surface area contributed by atoms with Gasteiger partial charge in [0.15, 0.2) is 0 Å². The molecule has 0 bridgehead atoms. The predicted molar refractivity (Wildman–Crippen MR) is 129 cm³/mol. The number of aromatic nitrogens is 2. The molecule has 1 aromatic heterocycles. The topological polar surface area (TPSA) is 93.7 Å². The number of hydrogen-bond acceptors (Lipinski definition) is 3. The normalized spacial score (nSPS) is 11.8. The van der Waals surface area contributed by atoms with Crippen molar-refractivity contribution in [3.05, 3.63) is 90.3 Å². The van der Waals surface area contributed by atoms with E-state index in [0.29, 0.717) is 30.8 Å². The third-order valence-electron chi connectivity index (χ3n) is 5.44. The van der Waals surface area contributed by atoms with Crippen LogP contribution in [0.4, 0.5) is 4.39 Å². The number of halogens is 1. The van der Waals surface area contributed by atoms with Crippen molar-refractivity contribution in [2.24, 2.45) is 0 Å². The van der Waals surface area contributed by atoms with E-state index < -0.39 is 6.67 Å². The highest BCUT2D eigenvalue weighted by atomic mass is 19.1. The van der Waals surface area contributed by atoms with Crippen LogP contribution in [0.5, 0.6) is 0 Å². The lowest BCUT2D eigenvalue weighted by Gasteiger charge is -2.17. The maximum atomic E-state index is 13.0. The second-order valence-electron chi connectivity index (χ2n) is 7.79. The fourth-order valence-corrected chi connectivity index (χ4v) is 3.69. The maximum absolute atomic E-state index is 13.0. The molecule has 0 fully saturated rings. The largest absolute Gasteiger partial charge is 0.372 e. The van der Waals surface area contributed by atoms with Crippen LogP contribution in [-0.4, -0.2) is 34.9 Å². The van der Waals surface area contributed by atoms with Gasteiger partial charge in [-0.25, -0.2) is 9.37 Å². The minimum Gasteiger partial charge on any atom is -0.372 e. The Morgan fingerprint density at radius 3 is 2.39 bits per heavy atom. The molecule has 0 aliphatic rings. The van der Waals surface area contributed by atoms with Crippen molar-refractivity contribution in [3.63, 3.8) is 0 Å². The number of alkyl halides is 1. The first-order chi connectivity index (χ1) is 16.1. The Kier molecular flexibility index (Phi) is 7.09. The number of nitrogens with one attached hydrogen (secondary N) is 4. The van der Waals surface area contributed by atoms with Gasteiger partial charge in [0, 0.05) is 12.1 Å². The van der Waals surface area contributed by atoms with Crippen molar-refractivity contribution in [1.82, 2.24) is 20.6 Å². The van der Waals surface area contributed by atoms with Crippen LogP contribution in [0.2, 0.25) is 0 Å². The number of aromatic amines is 1. The van der Waals surface area contributed by atoms with Gasteiger partial charge in [-0.15, -0.1) is 0 Å². The first-order valence-corrected chi connectivity index (χ1v) is 10.9. The van der Waals surface area contributed by atoms with Crippen molar-refractivity contribution in [1.29, 1.82) is 5.41 Å². The SMILES string of the molecule is N=C(CF)NCCC[C@H](NC(=O)c1ccc(-c2ccccc2)cc1)c1nc2ccccc2[nH]1. The van der Waals surface area contributed by atoms with Crippen LogP contribution in [0.25, 0.3) is 22.2 Å². The van der Waals surface area contributed by atoms with Gasteiger partial charge in [-0.2, -0.15) is 0 Å². The molecule has 3 aromatic carbocycles. The Bertz CT molecular complexity index is 1190. The predicted octanol–water partition coefficient (Wildman–Crippen LogP) is 5.02. The number of nitrogens with zero attached hydrogens (tertiary/aromatic N) is 1. The van der Waals surface area contributed by atoms with E-state index >= 15 is 0 Å². The fourth-order valence-electron chi connectivity index (χ4n) is 3.69. The highest BCUT2D eigenvalue weighted by Crippen LogP contribution is 2.22. The van der Waals surface area contributed by atoms with E-state index in [9.17, 15) is 9.18 Å². The smallest absolute Gasteiger partial charge is 0.251 e. The van der Waals surface area contributed by atoms with Crippen molar-refractivity contribution >= 4 is 22.8 Å². The molecule has 1 atom stereocenters. The van der Waals surface area contributed by atoms with Crippen LogP contribution in [0.1, 0.15) is 35.1 Å². The minimum absolute atomic E-state index is 0.141. The lowest BCUT2D eigenvalue weighted by Crippen LogP contribution is -2.31. The Morgan fingerprint density at radius 1 is 0.970 bits per heavy atom. The standard InChI is InChI=1S/C26H26FN5O/c27-17-24(28)29-16-6-11-23(25-30-21-9-4-5-10-22(21)31-25)32-26(33)20-14-12-19(13-15-20)18-7-2-1-3-8-18/h1-5,7-10,12-15,23H,6,11,16-17H2,(H2,28,29)(H,30,31)(H,32,33)/t23-/m0/s1. The summed E-state index contributed by atoms with van der Waals surface area (Å²) in [5, 5.41) is 13.2. The molecule has 0 unspecified atom stereocenters. The lowest BCUT2D eigenvalue weighted by atomic mass is 10.0. The van der Waals surface area contributed by atoms with E-state index in [1.807, 2.05) is 78.9 Å². The van der Waals surface area contributed by atoms with Crippen LogP contribution >= 0.6 is 0 Å². The van der Waals surface area contributed by atoms with Crippen molar-refractivity contribution in [2.45, 2.75) is 18.9 Å². The molecule has 0 saturated heterocycles. The van der Waals surface area contributed by atoms with Gasteiger partial charge in [0.2, 0.25) is 0 Å². The van der Waals surface area contributed by atoms with E-state index in [0.717, 1.165) is 22.2 Å². The van der Waals surface area contributed by atoms with E-state index in [2.05, 4.69) is 20.6 Å². The number of fused-ring (bicyclic) bond motifs is 1. The zero-order valence-electron chi connectivity index (χ0n) is 18.1. The van der Waals surface area contributed by atoms with Gasteiger partial charge >= 0.3 is 0 Å². The van der Waals surface area contributed by atoms with Crippen molar-refractivity contribution in [3.8, 4) is 11.1 Å². The molecule has 0 aliphatic carbocycles. The number of H-pyrrole nitrogens is 1. The average Bonchev–Trinajstić information content (AvgIpc) is 3.30. The summed E-state index contributed by atoms with van der Waals surface area (Å²) >= 11 is 0. The van der Waals surface area contributed by atoms with E-state index in [-0.39, 0.29) is 17.8 Å². The summed E-state index contributed by atoms with van der Waals surface area (Å²) in [6, 6.07) is 24.9. The highest BCUT2D eigenvalue weighted by molar-refractivity contribution is 5.95.